The second-order valence-corrected chi connectivity index (χ2v) is 7.70. The van der Waals surface area contributed by atoms with Crippen LogP contribution in [0, 0.1) is 0 Å². The zero-order valence-electron chi connectivity index (χ0n) is 14.4. The number of fused-ring (bicyclic) bond motifs is 1. The number of nitrogens with two attached hydrogens (primary N) is 1. The Balaban J connectivity index is 1.71. The van der Waals surface area contributed by atoms with Gasteiger partial charge in [-0.2, -0.15) is 0 Å². The van der Waals surface area contributed by atoms with Crippen molar-refractivity contribution in [2.45, 2.75) is 36.8 Å². The topological polar surface area (TPSA) is 81.1 Å². The number of anilines is 1. The molecule has 0 aliphatic heterocycles. The Hall–Kier alpha value is -2.47. The van der Waals surface area contributed by atoms with Gasteiger partial charge in [0.1, 0.15) is 5.82 Å². The molecule has 134 valence electrons. The maximum atomic E-state index is 10.7. The molecule has 0 amide bonds. The van der Waals surface area contributed by atoms with Crippen LogP contribution >= 0.6 is 11.8 Å². The molecule has 0 bridgehead atoms. The molecule has 1 fully saturated rings. The Morgan fingerprint density at radius 2 is 2.00 bits per heavy atom. The Morgan fingerprint density at radius 3 is 2.73 bits per heavy atom. The summed E-state index contributed by atoms with van der Waals surface area (Å²) in [6.45, 7) is 0. The van der Waals surface area contributed by atoms with Crippen LogP contribution in [0.1, 0.15) is 37.2 Å². The zero-order valence-corrected chi connectivity index (χ0v) is 15.2. The second-order valence-electron chi connectivity index (χ2n) is 6.64. The van der Waals surface area contributed by atoms with Gasteiger partial charge in [-0.05, 0) is 42.2 Å². The highest BCUT2D eigenvalue weighted by molar-refractivity contribution is 7.99. The summed E-state index contributed by atoms with van der Waals surface area (Å²) >= 11 is 1.54. The van der Waals surface area contributed by atoms with Crippen LogP contribution in [0.25, 0.3) is 16.5 Å². The van der Waals surface area contributed by atoms with E-state index in [1.54, 1.807) is 18.0 Å². The summed E-state index contributed by atoms with van der Waals surface area (Å²) in [6.07, 6.45) is 4.97. The fraction of sp³-hybridized carbons (Fsp3) is 0.300. The van der Waals surface area contributed by atoms with E-state index < -0.39 is 5.97 Å². The normalized spacial score (nSPS) is 14.0. The fourth-order valence-corrected chi connectivity index (χ4v) is 4.26. The Kier molecular flexibility index (Phi) is 4.59. The maximum absolute atomic E-state index is 10.7. The molecule has 5 nitrogen and oxygen atoms in total. The molecule has 0 spiro atoms. The summed E-state index contributed by atoms with van der Waals surface area (Å²) in [5.41, 5.74) is 8.66. The first kappa shape index (κ1) is 17.0. The number of nitrogen functional groups attached to an aromatic ring is 1. The van der Waals surface area contributed by atoms with Crippen molar-refractivity contribution in [3.05, 3.63) is 48.2 Å². The lowest BCUT2D eigenvalue weighted by Gasteiger charge is -2.15. The van der Waals surface area contributed by atoms with Gasteiger partial charge in [0.05, 0.1) is 11.9 Å². The lowest BCUT2D eigenvalue weighted by atomic mass is 9.99. The van der Waals surface area contributed by atoms with Gasteiger partial charge in [0.25, 0.3) is 0 Å². The number of carbonyl (C=O) groups is 1. The van der Waals surface area contributed by atoms with Crippen LogP contribution < -0.4 is 5.73 Å². The highest BCUT2D eigenvalue weighted by atomic mass is 32.2. The van der Waals surface area contributed by atoms with Gasteiger partial charge in [-0.3, -0.25) is 9.36 Å². The smallest absolute Gasteiger partial charge is 0.303 e. The van der Waals surface area contributed by atoms with Gasteiger partial charge in [-0.1, -0.05) is 42.1 Å². The van der Waals surface area contributed by atoms with Crippen molar-refractivity contribution in [1.29, 1.82) is 0 Å². The molecule has 3 N–H and O–H groups in total. The number of aromatic nitrogens is 2. The van der Waals surface area contributed by atoms with E-state index in [1.807, 2.05) is 4.57 Å². The standard InChI is InChI=1S/C20H21N3O2S/c21-18-12-22-20(26-11-3-6-19(24)25)23(18)17-10-9-14(13-7-8-13)15-4-1-2-5-16(15)17/h1-2,4-5,9-10,12-13H,3,6-8,11,21H2,(H,24,25). The molecule has 2 aromatic carbocycles. The molecule has 0 radical (unpaired) electrons. The summed E-state index contributed by atoms with van der Waals surface area (Å²) in [6, 6.07) is 12.8. The average Bonchev–Trinajstić information content (AvgIpc) is 3.41. The Morgan fingerprint density at radius 1 is 1.23 bits per heavy atom. The SMILES string of the molecule is Nc1cnc(SCCCC(=O)O)n1-c1ccc(C2CC2)c2ccccc12. The molecule has 0 saturated heterocycles. The number of imidazole rings is 1. The van der Waals surface area contributed by atoms with Gasteiger partial charge < -0.3 is 10.8 Å². The average molecular weight is 367 g/mol. The highest BCUT2D eigenvalue weighted by Gasteiger charge is 2.26. The van der Waals surface area contributed by atoms with Gasteiger partial charge in [-0.25, -0.2) is 4.98 Å². The van der Waals surface area contributed by atoms with E-state index >= 15 is 0 Å². The van der Waals surface area contributed by atoms with Crippen LogP contribution in [0.3, 0.4) is 0 Å². The summed E-state index contributed by atoms with van der Waals surface area (Å²) < 4.78 is 1.98. The molecule has 4 rings (SSSR count). The second kappa shape index (κ2) is 7.03. The number of carboxylic acid groups (broad SMARTS) is 1. The van der Waals surface area contributed by atoms with E-state index in [0.29, 0.717) is 23.9 Å². The minimum atomic E-state index is -0.768. The van der Waals surface area contributed by atoms with Gasteiger partial charge in [0.15, 0.2) is 5.16 Å². The molecule has 1 aliphatic rings. The summed E-state index contributed by atoms with van der Waals surface area (Å²) in [5, 5.41) is 12.0. The highest BCUT2D eigenvalue weighted by Crippen LogP contribution is 2.44. The molecule has 6 heteroatoms. The van der Waals surface area contributed by atoms with Gasteiger partial charge in [-0.15, -0.1) is 0 Å². The minimum Gasteiger partial charge on any atom is -0.481 e. The number of carboxylic acids is 1. The Labute approximate surface area is 156 Å². The van der Waals surface area contributed by atoms with Crippen molar-refractivity contribution in [2.24, 2.45) is 0 Å². The first-order valence-corrected chi connectivity index (χ1v) is 9.83. The summed E-state index contributed by atoms with van der Waals surface area (Å²) in [7, 11) is 0. The van der Waals surface area contributed by atoms with E-state index in [2.05, 4.69) is 41.4 Å². The van der Waals surface area contributed by atoms with Crippen molar-refractivity contribution >= 4 is 34.3 Å². The molecule has 1 aliphatic carbocycles. The van der Waals surface area contributed by atoms with E-state index in [-0.39, 0.29) is 6.42 Å². The molecule has 0 atom stereocenters. The number of hydrogen-bond donors (Lipinski definition) is 2. The van der Waals surface area contributed by atoms with E-state index in [4.69, 9.17) is 10.8 Å². The summed E-state index contributed by atoms with van der Waals surface area (Å²) in [4.78, 5) is 15.1. The van der Waals surface area contributed by atoms with E-state index in [9.17, 15) is 4.79 Å². The molecule has 1 saturated carbocycles. The van der Waals surface area contributed by atoms with E-state index in [1.165, 1.54) is 29.2 Å². The molecule has 3 aromatic rings. The number of aliphatic carboxylic acids is 1. The molecular weight excluding hydrogens is 346 g/mol. The number of rotatable bonds is 7. The molecule has 1 heterocycles. The molecular formula is C20H21N3O2S. The quantitative estimate of drug-likeness (QED) is 0.476. The summed E-state index contributed by atoms with van der Waals surface area (Å²) in [5.74, 6) is 1.20. The van der Waals surface area contributed by atoms with Crippen molar-refractivity contribution < 1.29 is 9.90 Å². The lowest BCUT2D eigenvalue weighted by Crippen LogP contribution is -2.03. The zero-order chi connectivity index (χ0) is 18.1. The predicted molar refractivity (Wildman–Crippen MR) is 105 cm³/mol. The number of thioether (sulfide) groups is 1. The lowest BCUT2D eigenvalue weighted by molar-refractivity contribution is -0.137. The monoisotopic (exact) mass is 367 g/mol. The van der Waals surface area contributed by atoms with Crippen LogP contribution in [0.15, 0.2) is 47.8 Å². The van der Waals surface area contributed by atoms with E-state index in [0.717, 1.165) is 10.8 Å². The van der Waals surface area contributed by atoms with Crippen LogP contribution in [0.5, 0.6) is 0 Å². The molecule has 26 heavy (non-hydrogen) atoms. The first-order valence-electron chi connectivity index (χ1n) is 8.85. The number of benzene rings is 2. The fourth-order valence-electron chi connectivity index (χ4n) is 3.33. The number of nitrogens with zero attached hydrogens (tertiary/aromatic N) is 2. The van der Waals surface area contributed by atoms with Crippen molar-refractivity contribution in [1.82, 2.24) is 9.55 Å². The Bertz CT molecular complexity index is 963. The van der Waals surface area contributed by atoms with Gasteiger partial charge >= 0.3 is 5.97 Å². The molecule has 0 unspecified atom stereocenters. The number of hydrogen-bond acceptors (Lipinski definition) is 4. The largest absolute Gasteiger partial charge is 0.481 e. The van der Waals surface area contributed by atoms with Crippen LogP contribution in [-0.2, 0) is 4.79 Å². The third-order valence-electron chi connectivity index (χ3n) is 4.72. The third kappa shape index (κ3) is 3.29. The maximum Gasteiger partial charge on any atom is 0.303 e. The van der Waals surface area contributed by atoms with Gasteiger partial charge in [0, 0.05) is 17.6 Å². The van der Waals surface area contributed by atoms with Crippen LogP contribution in [0.2, 0.25) is 0 Å². The third-order valence-corrected chi connectivity index (χ3v) is 5.75. The van der Waals surface area contributed by atoms with Crippen molar-refractivity contribution in [3.63, 3.8) is 0 Å². The van der Waals surface area contributed by atoms with Gasteiger partial charge in [0.2, 0.25) is 0 Å². The van der Waals surface area contributed by atoms with Crippen molar-refractivity contribution in [2.75, 3.05) is 11.5 Å². The minimum absolute atomic E-state index is 0.169. The predicted octanol–water partition coefficient (Wildman–Crippen LogP) is 4.44. The van der Waals surface area contributed by atoms with Crippen LogP contribution in [-0.4, -0.2) is 26.4 Å². The van der Waals surface area contributed by atoms with Crippen molar-refractivity contribution in [3.8, 4) is 5.69 Å². The first-order chi connectivity index (χ1) is 12.6. The molecule has 1 aromatic heterocycles. The van der Waals surface area contributed by atoms with Crippen LogP contribution in [0.4, 0.5) is 5.82 Å².